The van der Waals surface area contributed by atoms with E-state index < -0.39 is 0 Å². The minimum absolute atomic E-state index is 0.161. The molecule has 1 fully saturated rings. The summed E-state index contributed by atoms with van der Waals surface area (Å²) >= 11 is 0. The lowest BCUT2D eigenvalue weighted by atomic mass is 10.00. The zero-order valence-electron chi connectivity index (χ0n) is 10.5. The largest absolute Gasteiger partial charge is 0.369 e. The maximum Gasteiger partial charge on any atom is 0.201 e. The molecule has 1 aliphatic carbocycles. The van der Waals surface area contributed by atoms with Crippen molar-refractivity contribution < 1.29 is 0 Å². The highest BCUT2D eigenvalue weighted by atomic mass is 15.2. The molecule has 2 aromatic rings. The third kappa shape index (κ3) is 1.53. The van der Waals surface area contributed by atoms with Crippen molar-refractivity contribution in [3.8, 4) is 0 Å². The summed E-state index contributed by atoms with van der Waals surface area (Å²) in [4.78, 5) is 4.50. The van der Waals surface area contributed by atoms with E-state index >= 15 is 0 Å². The van der Waals surface area contributed by atoms with Crippen LogP contribution in [0.25, 0.3) is 11.0 Å². The van der Waals surface area contributed by atoms with Gasteiger partial charge in [-0.25, -0.2) is 4.98 Å². The van der Waals surface area contributed by atoms with Gasteiger partial charge in [0.05, 0.1) is 11.0 Å². The highest BCUT2D eigenvalue weighted by Crippen LogP contribution is 2.40. The average Bonchev–Trinajstić information content (AvgIpc) is 2.81. The Kier molecular flexibility index (Phi) is 2.18. The molecule has 1 aromatic heterocycles. The second kappa shape index (κ2) is 3.49. The number of benzene rings is 1. The number of anilines is 1. The first-order valence-electron chi connectivity index (χ1n) is 6.35. The van der Waals surface area contributed by atoms with Gasteiger partial charge in [0.1, 0.15) is 0 Å². The predicted octanol–water partition coefficient (Wildman–Crippen LogP) is 3.22. The zero-order chi connectivity index (χ0) is 12.0. The van der Waals surface area contributed by atoms with Crippen LogP contribution in [0.1, 0.15) is 38.2 Å². The second-order valence-electron chi connectivity index (χ2n) is 5.50. The van der Waals surface area contributed by atoms with E-state index in [1.165, 1.54) is 36.8 Å². The monoisotopic (exact) mass is 229 g/mol. The van der Waals surface area contributed by atoms with Gasteiger partial charge in [-0.15, -0.1) is 0 Å². The van der Waals surface area contributed by atoms with E-state index in [0.29, 0.717) is 5.95 Å². The number of hydrogen-bond donors (Lipinski definition) is 1. The van der Waals surface area contributed by atoms with Crippen LogP contribution in [-0.2, 0) is 5.54 Å². The van der Waals surface area contributed by atoms with Gasteiger partial charge in [0, 0.05) is 5.54 Å². The molecular weight excluding hydrogens is 210 g/mol. The molecule has 0 spiro atoms. The van der Waals surface area contributed by atoms with E-state index in [1.807, 2.05) is 0 Å². The SMILES string of the molecule is Cc1ccc2c(c1)nc(N)n2C1(C)CCCC1. The summed E-state index contributed by atoms with van der Waals surface area (Å²) in [7, 11) is 0. The van der Waals surface area contributed by atoms with Crippen molar-refractivity contribution >= 4 is 17.0 Å². The van der Waals surface area contributed by atoms with E-state index in [2.05, 4.69) is 41.6 Å². The minimum Gasteiger partial charge on any atom is -0.369 e. The molecule has 3 heteroatoms. The fraction of sp³-hybridized carbons (Fsp3) is 0.500. The summed E-state index contributed by atoms with van der Waals surface area (Å²) in [5.74, 6) is 0.662. The summed E-state index contributed by atoms with van der Waals surface area (Å²) in [6.45, 7) is 4.39. The maximum absolute atomic E-state index is 6.12. The fourth-order valence-electron chi connectivity index (χ4n) is 3.14. The van der Waals surface area contributed by atoms with Crippen molar-refractivity contribution in [2.45, 2.75) is 45.1 Å². The molecule has 0 atom stereocenters. The minimum atomic E-state index is 0.161. The topological polar surface area (TPSA) is 43.8 Å². The Morgan fingerprint density at radius 3 is 2.71 bits per heavy atom. The van der Waals surface area contributed by atoms with Crippen molar-refractivity contribution in [3.63, 3.8) is 0 Å². The Bertz CT molecular complexity index is 562. The Morgan fingerprint density at radius 1 is 1.29 bits per heavy atom. The first kappa shape index (κ1) is 10.6. The highest BCUT2D eigenvalue weighted by Gasteiger charge is 2.33. The van der Waals surface area contributed by atoms with Crippen LogP contribution in [0, 0.1) is 6.92 Å². The normalized spacial score (nSPS) is 18.9. The van der Waals surface area contributed by atoms with E-state index in [0.717, 1.165) is 5.52 Å². The first-order valence-corrected chi connectivity index (χ1v) is 6.35. The molecule has 3 rings (SSSR count). The van der Waals surface area contributed by atoms with Gasteiger partial charge < -0.3 is 10.3 Å². The Labute approximate surface area is 102 Å². The number of rotatable bonds is 1. The van der Waals surface area contributed by atoms with Gasteiger partial charge in [-0.05, 0) is 44.4 Å². The van der Waals surface area contributed by atoms with Crippen LogP contribution < -0.4 is 5.73 Å². The molecule has 0 saturated heterocycles. The molecule has 90 valence electrons. The Balaban J connectivity index is 2.25. The van der Waals surface area contributed by atoms with Crippen LogP contribution >= 0.6 is 0 Å². The molecular formula is C14H19N3. The first-order chi connectivity index (χ1) is 8.10. The van der Waals surface area contributed by atoms with Crippen LogP contribution in [0.3, 0.4) is 0 Å². The van der Waals surface area contributed by atoms with Crippen molar-refractivity contribution in [1.82, 2.24) is 9.55 Å². The van der Waals surface area contributed by atoms with Crippen LogP contribution in [-0.4, -0.2) is 9.55 Å². The van der Waals surface area contributed by atoms with Gasteiger partial charge in [0.2, 0.25) is 5.95 Å². The summed E-state index contributed by atoms with van der Waals surface area (Å²) in [5.41, 5.74) is 9.72. The highest BCUT2D eigenvalue weighted by molar-refractivity contribution is 5.79. The van der Waals surface area contributed by atoms with Gasteiger partial charge in [0.15, 0.2) is 0 Å². The van der Waals surface area contributed by atoms with Crippen molar-refractivity contribution in [2.75, 3.05) is 5.73 Å². The number of hydrogen-bond acceptors (Lipinski definition) is 2. The van der Waals surface area contributed by atoms with E-state index in [9.17, 15) is 0 Å². The van der Waals surface area contributed by atoms with Gasteiger partial charge in [0.25, 0.3) is 0 Å². The quantitative estimate of drug-likeness (QED) is 0.816. The van der Waals surface area contributed by atoms with Gasteiger partial charge in [-0.2, -0.15) is 0 Å². The molecule has 1 heterocycles. The third-order valence-electron chi connectivity index (χ3n) is 4.06. The lowest BCUT2D eigenvalue weighted by Crippen LogP contribution is -2.27. The lowest BCUT2D eigenvalue weighted by Gasteiger charge is -2.27. The predicted molar refractivity (Wildman–Crippen MR) is 71.0 cm³/mol. The number of aryl methyl sites for hydroxylation is 1. The maximum atomic E-state index is 6.12. The van der Waals surface area contributed by atoms with Crippen LogP contribution in [0.5, 0.6) is 0 Å². The van der Waals surface area contributed by atoms with Gasteiger partial charge >= 0.3 is 0 Å². The smallest absolute Gasteiger partial charge is 0.201 e. The van der Waals surface area contributed by atoms with Crippen LogP contribution in [0.4, 0.5) is 5.95 Å². The van der Waals surface area contributed by atoms with E-state index in [1.54, 1.807) is 0 Å². The van der Waals surface area contributed by atoms with E-state index in [4.69, 9.17) is 5.73 Å². The van der Waals surface area contributed by atoms with Gasteiger partial charge in [-0.3, -0.25) is 0 Å². The molecule has 0 radical (unpaired) electrons. The Hall–Kier alpha value is -1.51. The second-order valence-corrected chi connectivity index (χ2v) is 5.50. The summed E-state index contributed by atoms with van der Waals surface area (Å²) in [6.07, 6.45) is 5.00. The summed E-state index contributed by atoms with van der Waals surface area (Å²) in [5, 5.41) is 0. The van der Waals surface area contributed by atoms with Gasteiger partial charge in [-0.1, -0.05) is 18.9 Å². The molecule has 0 aliphatic heterocycles. The summed E-state index contributed by atoms with van der Waals surface area (Å²) < 4.78 is 2.24. The van der Waals surface area contributed by atoms with Crippen molar-refractivity contribution in [2.24, 2.45) is 0 Å². The zero-order valence-corrected chi connectivity index (χ0v) is 10.5. The molecule has 1 aromatic carbocycles. The number of aromatic nitrogens is 2. The molecule has 0 unspecified atom stereocenters. The molecule has 0 bridgehead atoms. The molecule has 1 aliphatic rings. The lowest BCUT2D eigenvalue weighted by molar-refractivity contribution is 0.344. The standard InChI is InChI=1S/C14H19N3/c1-10-5-6-12-11(9-10)16-13(15)17(12)14(2)7-3-4-8-14/h5-6,9H,3-4,7-8H2,1-2H3,(H2,15,16). The van der Waals surface area contributed by atoms with Crippen LogP contribution in [0.15, 0.2) is 18.2 Å². The average molecular weight is 229 g/mol. The molecule has 1 saturated carbocycles. The van der Waals surface area contributed by atoms with E-state index in [-0.39, 0.29) is 5.54 Å². The molecule has 3 nitrogen and oxygen atoms in total. The number of nitrogens with zero attached hydrogens (tertiary/aromatic N) is 2. The third-order valence-corrected chi connectivity index (χ3v) is 4.06. The molecule has 17 heavy (non-hydrogen) atoms. The molecule has 0 amide bonds. The summed E-state index contributed by atoms with van der Waals surface area (Å²) in [6, 6.07) is 6.40. The van der Waals surface area contributed by atoms with Crippen LogP contribution in [0.2, 0.25) is 0 Å². The molecule has 2 N–H and O–H groups in total. The number of fused-ring (bicyclic) bond motifs is 1. The number of imidazole rings is 1. The Morgan fingerprint density at radius 2 is 2.00 bits per heavy atom. The number of nitrogens with two attached hydrogens (primary N) is 1. The van der Waals surface area contributed by atoms with Crippen molar-refractivity contribution in [1.29, 1.82) is 0 Å². The fourth-order valence-corrected chi connectivity index (χ4v) is 3.14. The van der Waals surface area contributed by atoms with Crippen molar-refractivity contribution in [3.05, 3.63) is 23.8 Å². The number of nitrogen functional groups attached to an aromatic ring is 1.